The topological polar surface area (TPSA) is 60.3 Å². The lowest BCUT2D eigenvalue weighted by molar-refractivity contribution is -0.131. The van der Waals surface area contributed by atoms with Crippen LogP contribution in [0.5, 0.6) is 5.75 Å². The van der Waals surface area contributed by atoms with Crippen LogP contribution in [0.15, 0.2) is 29.4 Å². The van der Waals surface area contributed by atoms with Gasteiger partial charge in [-0.2, -0.15) is 0 Å². The molecule has 0 radical (unpaired) electrons. The summed E-state index contributed by atoms with van der Waals surface area (Å²) in [7, 11) is 0. The number of benzene rings is 1. The number of nitrogens with zero attached hydrogens (tertiary/aromatic N) is 4. The predicted octanol–water partition coefficient (Wildman–Crippen LogP) is 4.34. The average molecular weight is 421 g/mol. The first-order valence-electron chi connectivity index (χ1n) is 9.90. The Hall–Kier alpha value is -1.73. The summed E-state index contributed by atoms with van der Waals surface area (Å²) in [5.74, 6) is 1.61. The zero-order valence-electron chi connectivity index (χ0n) is 16.0. The highest BCUT2D eigenvalue weighted by Crippen LogP contribution is 2.40. The zero-order chi connectivity index (χ0) is 19.5. The quantitative estimate of drug-likeness (QED) is 0.623. The van der Waals surface area contributed by atoms with Crippen LogP contribution >= 0.6 is 23.4 Å². The molecular formula is C20H25ClN4O2S. The van der Waals surface area contributed by atoms with Crippen molar-refractivity contribution in [3.63, 3.8) is 0 Å². The molecule has 0 N–H and O–H groups in total. The number of piperidine rings is 1. The van der Waals surface area contributed by atoms with Crippen molar-refractivity contribution in [1.82, 2.24) is 19.7 Å². The number of amides is 1. The molecule has 0 spiro atoms. The van der Waals surface area contributed by atoms with Crippen molar-refractivity contribution in [2.45, 2.75) is 62.1 Å². The zero-order valence-corrected chi connectivity index (χ0v) is 17.6. The fourth-order valence-electron chi connectivity index (χ4n) is 3.47. The number of carbonyl (C=O) groups is 1. The molecule has 1 aromatic heterocycles. The third kappa shape index (κ3) is 4.46. The number of para-hydroxylation sites is 1. The molecule has 1 atom stereocenters. The van der Waals surface area contributed by atoms with Gasteiger partial charge in [0.15, 0.2) is 11.0 Å². The van der Waals surface area contributed by atoms with E-state index in [0.29, 0.717) is 23.4 Å². The normalized spacial score (nSPS) is 18.1. The molecule has 2 aliphatic rings. The molecular weight excluding hydrogens is 396 g/mol. The van der Waals surface area contributed by atoms with E-state index >= 15 is 0 Å². The minimum absolute atomic E-state index is 0.169. The van der Waals surface area contributed by atoms with Crippen molar-refractivity contribution in [2.24, 2.45) is 0 Å². The standard InChI is InChI=1S/C20H25ClN4O2S/c1-14(19(26)24-11-5-2-6-12-24)28-20-23-22-18(25(20)15-9-10-15)13-27-17-8-4-3-7-16(17)21/h3-4,7-8,14-15H,2,5-6,9-13H2,1H3/t14-/m1/s1. The molecule has 2 aromatic rings. The summed E-state index contributed by atoms with van der Waals surface area (Å²) in [6, 6.07) is 7.81. The highest BCUT2D eigenvalue weighted by molar-refractivity contribution is 8.00. The Morgan fingerprint density at radius 1 is 1.25 bits per heavy atom. The molecule has 2 heterocycles. The Balaban J connectivity index is 1.44. The molecule has 150 valence electrons. The van der Waals surface area contributed by atoms with Crippen molar-refractivity contribution >= 4 is 29.3 Å². The first kappa shape index (κ1) is 19.6. The molecule has 0 unspecified atom stereocenters. The SMILES string of the molecule is C[C@@H](Sc1nnc(COc2ccccc2Cl)n1C1CC1)C(=O)N1CCCCC1. The molecule has 2 fully saturated rings. The van der Waals surface area contributed by atoms with E-state index in [9.17, 15) is 4.79 Å². The molecule has 1 aliphatic heterocycles. The van der Waals surface area contributed by atoms with Gasteiger partial charge >= 0.3 is 0 Å². The highest BCUT2D eigenvalue weighted by atomic mass is 35.5. The fraction of sp³-hybridized carbons (Fsp3) is 0.550. The van der Waals surface area contributed by atoms with E-state index in [0.717, 1.165) is 49.8 Å². The molecule has 4 rings (SSSR count). The van der Waals surface area contributed by atoms with Gasteiger partial charge < -0.3 is 9.64 Å². The maximum absolute atomic E-state index is 12.8. The van der Waals surface area contributed by atoms with E-state index in [1.54, 1.807) is 6.07 Å². The minimum Gasteiger partial charge on any atom is -0.484 e. The van der Waals surface area contributed by atoms with Gasteiger partial charge in [0.2, 0.25) is 5.91 Å². The van der Waals surface area contributed by atoms with Crippen molar-refractivity contribution in [3.8, 4) is 5.75 Å². The van der Waals surface area contributed by atoms with E-state index in [2.05, 4.69) is 14.8 Å². The predicted molar refractivity (Wildman–Crippen MR) is 110 cm³/mol. The van der Waals surface area contributed by atoms with E-state index < -0.39 is 0 Å². The Labute approximate surface area is 174 Å². The number of carbonyl (C=O) groups excluding carboxylic acids is 1. The fourth-order valence-corrected chi connectivity index (χ4v) is 4.68. The van der Waals surface area contributed by atoms with Gasteiger partial charge in [0.1, 0.15) is 12.4 Å². The largest absolute Gasteiger partial charge is 0.484 e. The summed E-state index contributed by atoms with van der Waals surface area (Å²) in [4.78, 5) is 14.7. The van der Waals surface area contributed by atoms with E-state index in [-0.39, 0.29) is 11.2 Å². The molecule has 28 heavy (non-hydrogen) atoms. The maximum Gasteiger partial charge on any atom is 0.235 e. The summed E-state index contributed by atoms with van der Waals surface area (Å²) < 4.78 is 8.00. The van der Waals surface area contributed by atoms with Gasteiger partial charge in [-0.15, -0.1) is 10.2 Å². The Morgan fingerprint density at radius 2 is 2.00 bits per heavy atom. The second kappa shape index (κ2) is 8.74. The molecule has 1 saturated heterocycles. The number of rotatable bonds is 7. The number of halogens is 1. The number of likely N-dealkylation sites (tertiary alicyclic amines) is 1. The second-order valence-corrected chi connectivity index (χ2v) is 9.08. The lowest BCUT2D eigenvalue weighted by Gasteiger charge is -2.28. The molecule has 1 aliphatic carbocycles. The van der Waals surface area contributed by atoms with Gasteiger partial charge in [0.05, 0.1) is 10.3 Å². The summed E-state index contributed by atoms with van der Waals surface area (Å²) in [6.45, 7) is 4.02. The van der Waals surface area contributed by atoms with Gasteiger partial charge in [0, 0.05) is 19.1 Å². The first-order valence-corrected chi connectivity index (χ1v) is 11.2. The number of thioether (sulfide) groups is 1. The summed E-state index contributed by atoms with van der Waals surface area (Å²) in [6.07, 6.45) is 5.64. The van der Waals surface area contributed by atoms with Crippen LogP contribution in [-0.4, -0.2) is 43.9 Å². The van der Waals surface area contributed by atoms with Crippen LogP contribution in [0, 0.1) is 0 Å². The van der Waals surface area contributed by atoms with Gasteiger partial charge in [-0.3, -0.25) is 9.36 Å². The van der Waals surface area contributed by atoms with Crippen molar-refractivity contribution in [2.75, 3.05) is 13.1 Å². The number of hydrogen-bond acceptors (Lipinski definition) is 5. The molecule has 0 bridgehead atoms. The van der Waals surface area contributed by atoms with E-state index in [4.69, 9.17) is 16.3 Å². The van der Waals surface area contributed by atoms with Crippen LogP contribution in [0.25, 0.3) is 0 Å². The Kier molecular flexibility index (Phi) is 6.11. The highest BCUT2D eigenvalue weighted by Gasteiger charge is 2.32. The van der Waals surface area contributed by atoms with Crippen LogP contribution < -0.4 is 4.74 Å². The maximum atomic E-state index is 12.8. The monoisotopic (exact) mass is 420 g/mol. The van der Waals surface area contributed by atoms with Crippen molar-refractivity contribution in [3.05, 3.63) is 35.1 Å². The van der Waals surface area contributed by atoms with Crippen LogP contribution in [0.2, 0.25) is 5.02 Å². The molecule has 6 nitrogen and oxygen atoms in total. The van der Waals surface area contributed by atoms with Gasteiger partial charge in [0.25, 0.3) is 0 Å². The van der Waals surface area contributed by atoms with Crippen LogP contribution in [-0.2, 0) is 11.4 Å². The molecule has 1 aromatic carbocycles. The first-order chi connectivity index (χ1) is 13.6. The molecule has 1 amide bonds. The number of aromatic nitrogens is 3. The number of hydrogen-bond donors (Lipinski definition) is 0. The lowest BCUT2D eigenvalue weighted by Crippen LogP contribution is -2.40. The van der Waals surface area contributed by atoms with Gasteiger partial charge in [-0.1, -0.05) is 35.5 Å². The van der Waals surface area contributed by atoms with E-state index in [1.165, 1.54) is 18.2 Å². The Bertz CT molecular complexity index is 833. The van der Waals surface area contributed by atoms with Crippen LogP contribution in [0.4, 0.5) is 0 Å². The van der Waals surface area contributed by atoms with Crippen molar-refractivity contribution < 1.29 is 9.53 Å². The second-order valence-electron chi connectivity index (χ2n) is 7.37. The van der Waals surface area contributed by atoms with Crippen LogP contribution in [0.1, 0.15) is 50.9 Å². The third-order valence-corrected chi connectivity index (χ3v) is 6.49. The third-order valence-electron chi connectivity index (χ3n) is 5.14. The van der Waals surface area contributed by atoms with Crippen LogP contribution in [0.3, 0.4) is 0 Å². The Morgan fingerprint density at radius 3 is 2.71 bits per heavy atom. The smallest absolute Gasteiger partial charge is 0.235 e. The minimum atomic E-state index is -0.169. The summed E-state index contributed by atoms with van der Waals surface area (Å²) in [5.41, 5.74) is 0. The molecule has 8 heteroatoms. The van der Waals surface area contributed by atoms with Gasteiger partial charge in [-0.25, -0.2) is 0 Å². The molecule has 1 saturated carbocycles. The number of ether oxygens (including phenoxy) is 1. The lowest BCUT2D eigenvalue weighted by atomic mass is 10.1. The average Bonchev–Trinajstić information content (AvgIpc) is 3.48. The van der Waals surface area contributed by atoms with Crippen molar-refractivity contribution in [1.29, 1.82) is 0 Å². The van der Waals surface area contributed by atoms with Gasteiger partial charge in [-0.05, 0) is 51.2 Å². The summed E-state index contributed by atoms with van der Waals surface area (Å²) in [5, 5.41) is 9.93. The summed E-state index contributed by atoms with van der Waals surface area (Å²) >= 11 is 7.68. The van der Waals surface area contributed by atoms with E-state index in [1.807, 2.05) is 30.0 Å².